The minimum atomic E-state index is -1.33. The van der Waals surface area contributed by atoms with Gasteiger partial charge in [0.15, 0.2) is 0 Å². The summed E-state index contributed by atoms with van der Waals surface area (Å²) in [6, 6.07) is 12.8. The van der Waals surface area contributed by atoms with Crippen LogP contribution >= 0.6 is 11.6 Å². The van der Waals surface area contributed by atoms with Crippen LogP contribution in [0.25, 0.3) is 0 Å². The Morgan fingerprint density at radius 1 is 1.19 bits per heavy atom. The number of rotatable bonds is 15. The number of hydrogen-bond donors (Lipinski definition) is 2. The van der Waals surface area contributed by atoms with E-state index in [4.69, 9.17) is 21.1 Å². The van der Waals surface area contributed by atoms with Gasteiger partial charge in [0.25, 0.3) is 5.91 Å². The quantitative estimate of drug-likeness (QED) is 0.214. The molecule has 2 aromatic carbocycles. The number of hydrogen-bond acceptors (Lipinski definition) is 7. The SMILES string of the molecule is C=CCCC(=O)NC[C@H](C)OC(=O)[C@@H]1[C@@H]2CC[C@]3(O2)[C@H](C(=O)N(CC=C)c2c(C)cccc2Cl)N([C@@H](CO)Cc2ccccc2)C(=O)[C@@H]13. The molecule has 3 aliphatic heterocycles. The summed E-state index contributed by atoms with van der Waals surface area (Å²) in [5.41, 5.74) is 0.797. The number of fused-ring (bicyclic) bond motifs is 1. The van der Waals surface area contributed by atoms with Gasteiger partial charge in [-0.2, -0.15) is 0 Å². The molecule has 3 amide bonds. The van der Waals surface area contributed by atoms with Gasteiger partial charge in [-0.1, -0.05) is 66.2 Å². The highest BCUT2D eigenvalue weighted by molar-refractivity contribution is 6.34. The molecule has 0 radical (unpaired) electrons. The average molecular weight is 678 g/mol. The average Bonchev–Trinajstić information content (AvgIpc) is 3.72. The highest BCUT2D eigenvalue weighted by atomic mass is 35.5. The van der Waals surface area contributed by atoms with Crippen molar-refractivity contribution in [3.05, 3.63) is 90.0 Å². The molecule has 2 aromatic rings. The molecule has 2 N–H and O–H groups in total. The summed E-state index contributed by atoms with van der Waals surface area (Å²) < 4.78 is 12.4. The number of halogens is 1. The molecule has 0 saturated carbocycles. The van der Waals surface area contributed by atoms with Crippen molar-refractivity contribution in [1.82, 2.24) is 10.2 Å². The Labute approximate surface area is 286 Å². The van der Waals surface area contributed by atoms with Crippen molar-refractivity contribution in [3.63, 3.8) is 0 Å². The topological polar surface area (TPSA) is 125 Å². The Morgan fingerprint density at radius 3 is 2.60 bits per heavy atom. The van der Waals surface area contributed by atoms with Crippen LogP contribution in [0.15, 0.2) is 73.8 Å². The lowest BCUT2D eigenvalue weighted by molar-refractivity contribution is -0.159. The summed E-state index contributed by atoms with van der Waals surface area (Å²) in [6.07, 6.45) is 3.85. The molecule has 0 aliphatic carbocycles. The number of anilines is 1. The number of benzene rings is 2. The molecule has 10 nitrogen and oxygen atoms in total. The molecule has 7 atom stereocenters. The lowest BCUT2D eigenvalue weighted by Crippen LogP contribution is -2.59. The van der Waals surface area contributed by atoms with Gasteiger partial charge in [-0.3, -0.25) is 19.2 Å². The molecule has 5 rings (SSSR count). The van der Waals surface area contributed by atoms with Crippen molar-refractivity contribution in [2.45, 2.75) is 75.8 Å². The van der Waals surface area contributed by atoms with Crippen molar-refractivity contribution in [1.29, 1.82) is 0 Å². The molecular formula is C37H44ClN3O7. The minimum absolute atomic E-state index is 0.105. The fourth-order valence-corrected chi connectivity index (χ4v) is 7.92. The third-order valence-corrected chi connectivity index (χ3v) is 9.98. The number of aliphatic hydroxyl groups is 1. The molecule has 0 aromatic heterocycles. The second-order valence-electron chi connectivity index (χ2n) is 12.8. The predicted octanol–water partition coefficient (Wildman–Crippen LogP) is 4.16. The van der Waals surface area contributed by atoms with Gasteiger partial charge in [-0.15, -0.1) is 13.2 Å². The Bertz CT molecular complexity index is 1530. The van der Waals surface area contributed by atoms with E-state index in [0.29, 0.717) is 30.0 Å². The first-order valence-corrected chi connectivity index (χ1v) is 16.9. The van der Waals surface area contributed by atoms with Crippen molar-refractivity contribution in [2.24, 2.45) is 11.8 Å². The van der Waals surface area contributed by atoms with E-state index in [9.17, 15) is 24.3 Å². The van der Waals surface area contributed by atoms with Crippen molar-refractivity contribution in [3.8, 4) is 0 Å². The number of esters is 1. The fourth-order valence-electron chi connectivity index (χ4n) is 7.60. The van der Waals surface area contributed by atoms with E-state index in [1.807, 2.05) is 43.3 Å². The number of nitrogens with one attached hydrogen (secondary N) is 1. The van der Waals surface area contributed by atoms with E-state index in [2.05, 4.69) is 18.5 Å². The van der Waals surface area contributed by atoms with E-state index in [1.54, 1.807) is 31.2 Å². The molecule has 1 spiro atoms. The van der Waals surface area contributed by atoms with E-state index >= 15 is 0 Å². The third kappa shape index (κ3) is 6.66. The van der Waals surface area contributed by atoms with Crippen molar-refractivity contribution >= 4 is 41.0 Å². The molecule has 11 heteroatoms. The summed E-state index contributed by atoms with van der Waals surface area (Å²) in [4.78, 5) is 58.6. The number of aryl methyl sites for hydroxylation is 1. The number of likely N-dealkylation sites (tertiary alicyclic amines) is 1. The minimum Gasteiger partial charge on any atom is -0.460 e. The number of aliphatic hydroxyl groups excluding tert-OH is 1. The molecule has 3 fully saturated rings. The van der Waals surface area contributed by atoms with Crippen LogP contribution in [0.3, 0.4) is 0 Å². The zero-order valence-corrected chi connectivity index (χ0v) is 28.2. The van der Waals surface area contributed by atoms with E-state index in [-0.39, 0.29) is 31.8 Å². The summed E-state index contributed by atoms with van der Waals surface area (Å²) in [6.45, 7) is 10.8. The Balaban J connectivity index is 1.51. The molecule has 3 heterocycles. The summed E-state index contributed by atoms with van der Waals surface area (Å²) >= 11 is 6.67. The smallest absolute Gasteiger partial charge is 0.312 e. The zero-order valence-electron chi connectivity index (χ0n) is 27.5. The number of nitrogens with zero attached hydrogens (tertiary/aromatic N) is 2. The third-order valence-electron chi connectivity index (χ3n) is 9.68. The van der Waals surface area contributed by atoms with Gasteiger partial charge in [0.05, 0.1) is 47.8 Å². The molecular weight excluding hydrogens is 634 g/mol. The summed E-state index contributed by atoms with van der Waals surface area (Å²) in [7, 11) is 0. The number of para-hydroxylation sites is 1. The Kier molecular flexibility index (Phi) is 11.1. The molecule has 3 saturated heterocycles. The lowest BCUT2D eigenvalue weighted by atomic mass is 9.70. The Hall–Kier alpha value is -3.99. The number of amides is 3. The maximum Gasteiger partial charge on any atom is 0.312 e. The van der Waals surface area contributed by atoms with Crippen LogP contribution in [-0.2, 0) is 35.1 Å². The van der Waals surface area contributed by atoms with Crippen molar-refractivity contribution < 1.29 is 33.8 Å². The molecule has 2 bridgehead atoms. The van der Waals surface area contributed by atoms with Crippen LogP contribution in [0, 0.1) is 18.8 Å². The number of allylic oxidation sites excluding steroid dienone is 1. The number of ether oxygens (including phenoxy) is 2. The van der Waals surface area contributed by atoms with E-state index in [0.717, 1.165) is 11.1 Å². The summed E-state index contributed by atoms with van der Waals surface area (Å²) in [5.74, 6) is -3.64. The van der Waals surface area contributed by atoms with Gasteiger partial charge in [0, 0.05) is 13.0 Å². The van der Waals surface area contributed by atoms with Crippen LogP contribution in [-0.4, -0.2) is 83.3 Å². The lowest BCUT2D eigenvalue weighted by Gasteiger charge is -2.39. The Morgan fingerprint density at radius 2 is 1.94 bits per heavy atom. The first-order chi connectivity index (χ1) is 23.1. The molecule has 3 aliphatic rings. The van der Waals surface area contributed by atoms with Gasteiger partial charge >= 0.3 is 5.97 Å². The zero-order chi connectivity index (χ0) is 34.6. The second-order valence-corrected chi connectivity index (χ2v) is 13.3. The standard InChI is InChI=1S/C37H44ClN3O7/c1-5-7-16-29(43)39-21-24(4)47-36(46)30-28-17-18-37(48-28)31(30)34(44)41(26(22-42)20-25-13-9-8-10-14-25)33(37)35(45)40(19-6-2)32-23(3)12-11-15-27(32)38/h5-6,8-15,24,26,28,30-31,33,42H,1-2,7,16-22H2,3-4H3,(H,39,43)/t24-,26+,28-,30+,31+,33-,37+/m0/s1. The molecule has 256 valence electrons. The predicted molar refractivity (Wildman–Crippen MR) is 182 cm³/mol. The maximum atomic E-state index is 15.0. The first kappa shape index (κ1) is 35.3. The van der Waals surface area contributed by atoms with Crippen molar-refractivity contribution in [2.75, 3.05) is 24.6 Å². The van der Waals surface area contributed by atoms with Crippen LogP contribution in [0.5, 0.6) is 0 Å². The summed E-state index contributed by atoms with van der Waals surface area (Å²) in [5, 5.41) is 13.9. The van der Waals surface area contributed by atoms with Gasteiger partial charge in [0.1, 0.15) is 17.7 Å². The van der Waals surface area contributed by atoms with Crippen LogP contribution in [0.4, 0.5) is 5.69 Å². The van der Waals surface area contributed by atoms with Crippen LogP contribution in [0.1, 0.15) is 43.7 Å². The van der Waals surface area contributed by atoms with E-state index in [1.165, 1.54) is 9.80 Å². The number of carbonyl (C=O) groups excluding carboxylic acids is 4. The largest absolute Gasteiger partial charge is 0.460 e. The van der Waals surface area contributed by atoms with Crippen LogP contribution < -0.4 is 10.2 Å². The van der Waals surface area contributed by atoms with Gasteiger partial charge in [-0.05, 0) is 56.7 Å². The number of carbonyl (C=O) groups is 4. The van der Waals surface area contributed by atoms with E-state index < -0.39 is 66.1 Å². The second kappa shape index (κ2) is 15.1. The molecule has 0 unspecified atom stereocenters. The fraction of sp³-hybridized carbons (Fsp3) is 0.459. The molecule has 48 heavy (non-hydrogen) atoms. The highest BCUT2D eigenvalue weighted by Crippen LogP contribution is 2.59. The van der Waals surface area contributed by atoms with Gasteiger partial charge < -0.3 is 29.7 Å². The maximum absolute atomic E-state index is 15.0. The van der Waals surface area contributed by atoms with Gasteiger partial charge in [-0.25, -0.2) is 0 Å². The monoisotopic (exact) mass is 677 g/mol. The normalized spacial score (nSPS) is 25.2. The van der Waals surface area contributed by atoms with Crippen LogP contribution in [0.2, 0.25) is 5.02 Å². The van der Waals surface area contributed by atoms with Gasteiger partial charge in [0.2, 0.25) is 11.8 Å². The first-order valence-electron chi connectivity index (χ1n) is 16.5. The highest BCUT2D eigenvalue weighted by Gasteiger charge is 2.75.